The number of sulfonamides is 3. The summed E-state index contributed by atoms with van der Waals surface area (Å²) in [7, 11) is -18.3. The van der Waals surface area contributed by atoms with Gasteiger partial charge < -0.3 is 44.2 Å². The summed E-state index contributed by atoms with van der Waals surface area (Å²) in [6, 6.07) is 38.5. The molecule has 4 fully saturated rings. The Bertz CT molecular complexity index is 4600. The number of nitro benzene ring substituents is 3. The second kappa shape index (κ2) is 44.0. The van der Waals surface area contributed by atoms with Crippen molar-refractivity contribution in [3.05, 3.63) is 211 Å². The van der Waals surface area contributed by atoms with Crippen molar-refractivity contribution in [2.45, 2.75) is 150 Å². The summed E-state index contributed by atoms with van der Waals surface area (Å²) in [5, 5.41) is 49.6. The number of aliphatic hydroxyl groups is 1. The monoisotopic (exact) mass is 1710 g/mol. The smallest absolute Gasteiger partial charge is 0.444 e. The minimum absolute atomic E-state index is 0.00328. The summed E-state index contributed by atoms with van der Waals surface area (Å²) < 4.78 is 154. The predicted octanol–water partition coefficient (Wildman–Crippen LogP) is 10.3. The molecular weight excluding hydrogens is 1620 g/mol. The lowest BCUT2D eigenvalue weighted by atomic mass is 10.0. The number of nitrogens with zero attached hydrogens (tertiary/aromatic N) is 7. The lowest BCUT2D eigenvalue weighted by molar-refractivity contribution is -0.385. The average molecular weight is 1710 g/mol. The quantitative estimate of drug-likeness (QED) is 0.0123. The van der Waals surface area contributed by atoms with E-state index in [4.69, 9.17) is 37.5 Å². The van der Waals surface area contributed by atoms with Gasteiger partial charge in [0.1, 0.15) is 24.4 Å². The molecule has 36 nitrogen and oxygen atoms in total. The van der Waals surface area contributed by atoms with Crippen LogP contribution in [0.5, 0.6) is 0 Å². The summed E-state index contributed by atoms with van der Waals surface area (Å²) >= 11 is 0. The average Bonchev–Trinajstić information content (AvgIpc) is 1.56. The van der Waals surface area contributed by atoms with Crippen LogP contribution in [0.4, 0.5) is 31.4 Å². The molecule has 41 heteroatoms. The van der Waals surface area contributed by atoms with Gasteiger partial charge in [0.15, 0.2) is 12.2 Å². The van der Waals surface area contributed by atoms with Crippen LogP contribution in [0.15, 0.2) is 178 Å². The van der Waals surface area contributed by atoms with Crippen LogP contribution in [-0.2, 0) is 95.9 Å². The number of nitro groups is 3. The molecule has 2 unspecified atom stereocenters. The van der Waals surface area contributed by atoms with E-state index in [0.717, 1.165) is 78.5 Å². The van der Waals surface area contributed by atoms with Crippen LogP contribution in [0.25, 0.3) is 0 Å². The maximum Gasteiger partial charge on any atom is 0.695 e. The third kappa shape index (κ3) is 27.8. The van der Waals surface area contributed by atoms with Crippen LogP contribution in [0.2, 0.25) is 0 Å². The SMILES string of the molecule is CC(C)CN(C[C@@H](O)[C@H](Cc1ccccc1)NC(=O)O[C@H]1CCOC1)S(=O)(=O)c1ccc([N+](=O)[O-])cc1.CC(C)CN(C[C@@H](O[P+](=O)O)[C@H](Cc1ccccc1)NC(=O)O[C@H]1CCOC1)S(=O)(=O)c1ccc([N+](=O)[O-])cc1.CC(C)CN(C[C@H]1O[P+](=O)N(C(=O)O[C@H]2CCOC2)[C@H]1Cc1ccccc1)S(=O)(=O)c1ccc([N+](=O)[O-])cc1. The lowest BCUT2D eigenvalue weighted by Gasteiger charge is -2.30. The van der Waals surface area contributed by atoms with Crippen molar-refractivity contribution in [2.24, 2.45) is 17.8 Å². The second-order valence-electron chi connectivity index (χ2n) is 28.9. The minimum atomic E-state index is -4.23. The lowest BCUT2D eigenvalue weighted by Crippen LogP contribution is -2.52. The van der Waals surface area contributed by atoms with Gasteiger partial charge in [-0.2, -0.15) is 12.9 Å². The number of carbonyl (C=O) groups excluding carboxylic acids is 3. The van der Waals surface area contributed by atoms with E-state index in [-0.39, 0.29) is 121 Å². The highest BCUT2D eigenvalue weighted by molar-refractivity contribution is 7.89. The van der Waals surface area contributed by atoms with E-state index < -0.39 is 135 Å². The fourth-order valence-corrected chi connectivity index (χ4v) is 19.2. The number of nitrogens with one attached hydrogen (secondary N) is 2. The summed E-state index contributed by atoms with van der Waals surface area (Å²) in [5.41, 5.74) is 1.71. The first-order valence-corrected chi connectivity index (χ1v) is 43.8. The van der Waals surface area contributed by atoms with Crippen molar-refractivity contribution in [2.75, 3.05) is 78.9 Å². The zero-order valence-electron chi connectivity index (χ0n) is 64.6. The van der Waals surface area contributed by atoms with Crippen LogP contribution < -0.4 is 10.6 Å². The number of amides is 3. The zero-order valence-corrected chi connectivity index (χ0v) is 68.8. The van der Waals surface area contributed by atoms with Crippen molar-refractivity contribution in [3.8, 4) is 0 Å². The first-order valence-electron chi connectivity index (χ1n) is 37.3. The summed E-state index contributed by atoms with van der Waals surface area (Å²) in [6.07, 6.45) is -4.82. The molecule has 0 aliphatic carbocycles. The standard InChI is InChI=1S/C25H32N3O10PS.C25H31N3O9PS.C25H33N3O8S/c1-18(2)15-27(40(34,35)22-10-8-20(9-11-22)28(30)31)16-24(38-39(32)33)23(14-19-6-4-3-5-7-19)26-25(29)37-21-12-13-36-17-21;1-18(2)15-26(39(33,34)22-10-8-20(9-11-22)28(30)31)16-24-23(14-19-6-4-3-5-7-19)27(38(32)37-24)25(29)36-21-12-13-35-17-21;1-18(2)15-27(37(33,34)22-10-8-20(9-11-22)28(31)32)16-24(29)23(14-19-6-4-3-5-7-19)26-25(30)36-21-12-13-35-17-21/h3-11,18,21,23-24H,12-17H2,1-2H3,(H-,26,29,32,33);3-11,18,21,23-24H,12-17H2,1-2H3;3-11,18,21,23-24,29H,12-17H2,1-2H3,(H,26,30)/q;+1;/p+1/t3*21-,23-,24+/m000/s1. The molecule has 4 aliphatic heterocycles. The maximum absolute atomic E-state index is 13.6. The fourth-order valence-electron chi connectivity index (χ4n) is 12.7. The molecule has 4 saturated heterocycles. The van der Waals surface area contributed by atoms with Gasteiger partial charge >= 0.3 is 34.7 Å². The highest BCUT2D eigenvalue weighted by Gasteiger charge is 2.58. The van der Waals surface area contributed by atoms with E-state index in [0.29, 0.717) is 45.7 Å². The normalized spacial score (nSPS) is 19.2. The largest absolute Gasteiger partial charge is 0.695 e. The molecule has 6 aromatic rings. The molecule has 4 aliphatic rings. The Morgan fingerprint density at radius 1 is 0.526 bits per heavy atom. The predicted molar refractivity (Wildman–Crippen MR) is 420 cm³/mol. The Kier molecular flexibility index (Phi) is 35.1. The summed E-state index contributed by atoms with van der Waals surface area (Å²) in [6.45, 7) is 12.5. The molecular formula is C75H97N9O27P2S3+2. The van der Waals surface area contributed by atoms with Gasteiger partial charge in [0, 0.05) is 106 Å². The van der Waals surface area contributed by atoms with Crippen LogP contribution in [0, 0.1) is 48.1 Å². The Morgan fingerprint density at radius 2 is 0.879 bits per heavy atom. The van der Waals surface area contributed by atoms with E-state index in [1.807, 2.05) is 88.4 Å². The van der Waals surface area contributed by atoms with Crippen molar-refractivity contribution >= 4 is 81.8 Å². The molecule has 0 saturated carbocycles. The van der Waals surface area contributed by atoms with Crippen LogP contribution in [0.3, 0.4) is 0 Å². The fraction of sp³-hybridized carbons (Fsp3) is 0.480. The van der Waals surface area contributed by atoms with Gasteiger partial charge in [0.2, 0.25) is 30.1 Å². The van der Waals surface area contributed by atoms with Gasteiger partial charge in [-0.1, -0.05) is 137 Å². The van der Waals surface area contributed by atoms with Crippen LogP contribution >= 0.6 is 16.4 Å². The number of non-ortho nitro benzene ring substituents is 3. The van der Waals surface area contributed by atoms with Crippen molar-refractivity contribution in [1.82, 2.24) is 28.2 Å². The zero-order chi connectivity index (χ0) is 84.4. The summed E-state index contributed by atoms with van der Waals surface area (Å²) in [5.74, 6) is -0.318. The Labute approximate surface area is 674 Å². The first-order chi connectivity index (χ1) is 55.1. The molecule has 0 aromatic heterocycles. The van der Waals surface area contributed by atoms with E-state index >= 15 is 0 Å². The van der Waals surface area contributed by atoms with Gasteiger partial charge in [0.05, 0.1) is 87.3 Å². The molecule has 4 N–H and O–H groups in total. The molecule has 0 radical (unpaired) electrons. The van der Waals surface area contributed by atoms with Crippen molar-refractivity contribution in [3.63, 3.8) is 0 Å². The van der Waals surface area contributed by atoms with E-state index in [2.05, 4.69) is 10.6 Å². The third-order valence-corrected chi connectivity index (χ3v) is 25.6. The third-order valence-electron chi connectivity index (χ3n) is 18.4. The Balaban J connectivity index is 0.000000218. The topological polar surface area (TPSA) is 469 Å². The molecule has 4 heterocycles. The summed E-state index contributed by atoms with van der Waals surface area (Å²) in [4.78, 5) is 78.9. The first kappa shape index (κ1) is 92.5. The molecule has 0 bridgehead atoms. The molecule has 11 atom stereocenters. The van der Waals surface area contributed by atoms with E-state index in [1.165, 1.54) is 28.6 Å². The van der Waals surface area contributed by atoms with Gasteiger partial charge in [-0.15, -0.1) is 13.9 Å². The number of carbonyl (C=O) groups is 3. The number of benzene rings is 6. The molecule has 630 valence electrons. The number of hydrogen-bond acceptors (Lipinski definition) is 26. The van der Waals surface area contributed by atoms with Crippen molar-refractivity contribution < 1.29 is 111 Å². The van der Waals surface area contributed by atoms with Crippen LogP contribution in [0.1, 0.15) is 77.5 Å². The van der Waals surface area contributed by atoms with Gasteiger partial charge in [-0.3, -0.25) is 30.3 Å². The highest BCUT2D eigenvalue weighted by atomic mass is 32.2. The highest BCUT2D eigenvalue weighted by Crippen LogP contribution is 2.45. The Hall–Kier alpha value is -9.02. The molecule has 6 aromatic carbocycles. The van der Waals surface area contributed by atoms with E-state index in [1.54, 1.807) is 44.2 Å². The van der Waals surface area contributed by atoms with Crippen LogP contribution in [-0.4, -0.2) is 220 Å². The minimum Gasteiger partial charge on any atom is -0.444 e. The number of rotatable bonds is 36. The number of ether oxygens (including phenoxy) is 6. The van der Waals surface area contributed by atoms with Gasteiger partial charge in [-0.05, 0) is 88.2 Å². The molecule has 10 rings (SSSR count). The van der Waals surface area contributed by atoms with Gasteiger partial charge in [-0.25, -0.2) is 39.6 Å². The number of aliphatic hydroxyl groups excluding tert-OH is 1. The number of hydrogen-bond donors (Lipinski definition) is 4. The second-order valence-corrected chi connectivity index (χ2v) is 36.5. The van der Waals surface area contributed by atoms with E-state index in [9.17, 15) is 89.1 Å². The number of alkyl carbamates (subject to hydrolysis) is 2. The van der Waals surface area contributed by atoms with Crippen molar-refractivity contribution in [1.29, 1.82) is 0 Å². The molecule has 3 amide bonds. The maximum atomic E-state index is 13.6. The molecule has 116 heavy (non-hydrogen) atoms. The van der Waals surface area contributed by atoms with Gasteiger partial charge in [0.25, 0.3) is 17.1 Å². The molecule has 0 spiro atoms. The Morgan fingerprint density at radius 3 is 1.25 bits per heavy atom.